The molecule has 0 spiro atoms. The molecule has 1 N–H and O–H groups in total. The molecule has 4 rings (SSSR count). The molecule has 2 heterocycles. The number of alkyl halides is 3. The van der Waals surface area contributed by atoms with Gasteiger partial charge in [0.1, 0.15) is 16.2 Å². The number of aryl methyl sites for hydroxylation is 1. The molecule has 0 fully saturated rings. The van der Waals surface area contributed by atoms with Crippen molar-refractivity contribution in [3.63, 3.8) is 0 Å². The average molecular weight is 430 g/mol. The van der Waals surface area contributed by atoms with Crippen LogP contribution in [-0.2, 0) is 6.18 Å². The van der Waals surface area contributed by atoms with Gasteiger partial charge < -0.3 is 5.32 Å². The number of thiazole rings is 1. The van der Waals surface area contributed by atoms with Gasteiger partial charge in [-0.1, -0.05) is 18.2 Å². The number of amides is 1. The van der Waals surface area contributed by atoms with Gasteiger partial charge in [-0.25, -0.2) is 9.67 Å². The van der Waals surface area contributed by atoms with Gasteiger partial charge in [0, 0.05) is 11.3 Å². The van der Waals surface area contributed by atoms with Gasteiger partial charge in [0.2, 0.25) is 0 Å². The van der Waals surface area contributed by atoms with Crippen LogP contribution >= 0.6 is 11.3 Å². The maximum absolute atomic E-state index is 12.7. The Bertz CT molecular complexity index is 1190. The van der Waals surface area contributed by atoms with Crippen LogP contribution in [0.1, 0.15) is 20.9 Å². The van der Waals surface area contributed by atoms with Crippen LogP contribution in [0, 0.1) is 6.92 Å². The maximum Gasteiger partial charge on any atom is 0.416 e. The van der Waals surface area contributed by atoms with Gasteiger partial charge in [0.25, 0.3) is 5.91 Å². The van der Waals surface area contributed by atoms with Crippen LogP contribution < -0.4 is 5.32 Å². The van der Waals surface area contributed by atoms with E-state index in [1.54, 1.807) is 31.2 Å². The predicted octanol–water partition coefficient (Wildman–Crippen LogP) is 4.37. The SMILES string of the molecule is Cc1nc(-c2ccc(C(F)(F)F)cc2)sc1C(=O)Nc1cccc(-n2cnnn2)c1. The van der Waals surface area contributed by atoms with Crippen LogP contribution in [0.15, 0.2) is 54.9 Å². The Labute approximate surface area is 172 Å². The maximum atomic E-state index is 12.7. The van der Waals surface area contributed by atoms with E-state index in [4.69, 9.17) is 0 Å². The molecule has 4 aromatic rings. The van der Waals surface area contributed by atoms with E-state index in [0.29, 0.717) is 32.5 Å². The molecule has 0 aliphatic heterocycles. The van der Waals surface area contributed by atoms with Crippen LogP contribution in [-0.4, -0.2) is 31.1 Å². The van der Waals surface area contributed by atoms with Crippen LogP contribution in [0.4, 0.5) is 18.9 Å². The van der Waals surface area contributed by atoms with Crippen molar-refractivity contribution in [3.05, 3.63) is 71.0 Å². The first-order chi connectivity index (χ1) is 14.3. The highest BCUT2D eigenvalue weighted by atomic mass is 32.1. The van der Waals surface area contributed by atoms with Gasteiger partial charge in [0.05, 0.1) is 16.9 Å². The van der Waals surface area contributed by atoms with E-state index < -0.39 is 11.7 Å². The molecule has 1 amide bonds. The van der Waals surface area contributed by atoms with E-state index in [0.717, 1.165) is 23.5 Å². The van der Waals surface area contributed by atoms with Crippen LogP contribution in [0.2, 0.25) is 0 Å². The third-order valence-corrected chi connectivity index (χ3v) is 5.38. The number of benzene rings is 2. The second-order valence-corrected chi connectivity index (χ2v) is 7.27. The highest BCUT2D eigenvalue weighted by Gasteiger charge is 2.30. The summed E-state index contributed by atoms with van der Waals surface area (Å²) in [6, 6.07) is 11.6. The standard InChI is InChI=1S/C19H13F3N6OS/c1-11-16(30-18(24-11)12-5-7-13(8-6-12)19(20,21)22)17(29)25-14-3-2-4-15(9-14)28-10-23-26-27-28/h2-10H,1H3,(H,25,29). The van der Waals surface area contributed by atoms with E-state index in [2.05, 4.69) is 25.8 Å². The van der Waals surface area contributed by atoms with Gasteiger partial charge in [-0.05, 0) is 47.7 Å². The Morgan fingerprint density at radius 3 is 2.57 bits per heavy atom. The van der Waals surface area contributed by atoms with Crippen molar-refractivity contribution in [2.45, 2.75) is 13.1 Å². The first kappa shape index (κ1) is 19.7. The van der Waals surface area contributed by atoms with Gasteiger partial charge in [0.15, 0.2) is 0 Å². The zero-order valence-corrected chi connectivity index (χ0v) is 16.2. The number of halogens is 3. The summed E-state index contributed by atoms with van der Waals surface area (Å²) in [5, 5.41) is 14.2. The van der Waals surface area contributed by atoms with Crippen molar-refractivity contribution in [2.24, 2.45) is 0 Å². The Morgan fingerprint density at radius 1 is 1.13 bits per heavy atom. The number of anilines is 1. The van der Waals surface area contributed by atoms with E-state index in [1.165, 1.54) is 23.1 Å². The molecule has 30 heavy (non-hydrogen) atoms. The molecular formula is C19H13F3N6OS. The van der Waals surface area contributed by atoms with Gasteiger partial charge in [-0.3, -0.25) is 4.79 Å². The van der Waals surface area contributed by atoms with Crippen molar-refractivity contribution in [1.29, 1.82) is 0 Å². The summed E-state index contributed by atoms with van der Waals surface area (Å²) in [4.78, 5) is 17.4. The summed E-state index contributed by atoms with van der Waals surface area (Å²) in [6.07, 6.45) is -2.97. The molecule has 0 aliphatic carbocycles. The van der Waals surface area contributed by atoms with E-state index in [-0.39, 0.29) is 5.91 Å². The molecule has 0 saturated heterocycles. The normalized spacial score (nSPS) is 11.5. The summed E-state index contributed by atoms with van der Waals surface area (Å²) in [6.45, 7) is 1.68. The van der Waals surface area contributed by atoms with Gasteiger partial charge in [-0.2, -0.15) is 13.2 Å². The first-order valence-electron chi connectivity index (χ1n) is 8.61. The first-order valence-corrected chi connectivity index (χ1v) is 9.43. The number of nitrogens with one attached hydrogen (secondary N) is 1. The molecule has 11 heteroatoms. The van der Waals surface area contributed by atoms with Crippen molar-refractivity contribution in [3.8, 4) is 16.3 Å². The summed E-state index contributed by atoms with van der Waals surface area (Å²) in [7, 11) is 0. The average Bonchev–Trinajstić information content (AvgIpc) is 3.38. The minimum atomic E-state index is -4.40. The number of nitrogens with zero attached hydrogens (tertiary/aromatic N) is 5. The van der Waals surface area contributed by atoms with Crippen molar-refractivity contribution < 1.29 is 18.0 Å². The molecule has 0 saturated carbocycles. The van der Waals surface area contributed by atoms with E-state index >= 15 is 0 Å². The lowest BCUT2D eigenvalue weighted by Crippen LogP contribution is -2.11. The number of hydrogen-bond donors (Lipinski definition) is 1. The fourth-order valence-corrected chi connectivity index (χ4v) is 3.69. The zero-order chi connectivity index (χ0) is 21.3. The monoisotopic (exact) mass is 430 g/mol. The second kappa shape index (κ2) is 7.67. The Balaban J connectivity index is 1.55. The molecular weight excluding hydrogens is 417 g/mol. The highest BCUT2D eigenvalue weighted by Crippen LogP contribution is 2.33. The minimum absolute atomic E-state index is 0.364. The predicted molar refractivity (Wildman–Crippen MR) is 104 cm³/mol. The Hall–Kier alpha value is -3.60. The number of carbonyl (C=O) groups excluding carboxylic acids is 1. The lowest BCUT2D eigenvalue weighted by molar-refractivity contribution is -0.137. The molecule has 0 unspecified atom stereocenters. The topological polar surface area (TPSA) is 85.6 Å². The summed E-state index contributed by atoms with van der Waals surface area (Å²) in [5.74, 6) is -0.364. The molecule has 7 nitrogen and oxygen atoms in total. The molecule has 0 bridgehead atoms. The summed E-state index contributed by atoms with van der Waals surface area (Å²) >= 11 is 1.11. The second-order valence-electron chi connectivity index (χ2n) is 6.27. The third kappa shape index (κ3) is 4.06. The lowest BCUT2D eigenvalue weighted by atomic mass is 10.1. The highest BCUT2D eigenvalue weighted by molar-refractivity contribution is 7.17. The van der Waals surface area contributed by atoms with E-state index in [1.807, 2.05) is 0 Å². The number of carbonyl (C=O) groups is 1. The number of hydrogen-bond acceptors (Lipinski definition) is 6. The molecule has 152 valence electrons. The van der Waals surface area contributed by atoms with Crippen molar-refractivity contribution in [2.75, 3.05) is 5.32 Å². The smallest absolute Gasteiger partial charge is 0.321 e. The quantitative estimate of drug-likeness (QED) is 0.520. The number of tetrazole rings is 1. The third-order valence-electron chi connectivity index (χ3n) is 4.18. The largest absolute Gasteiger partial charge is 0.416 e. The molecule has 0 atom stereocenters. The minimum Gasteiger partial charge on any atom is -0.321 e. The zero-order valence-electron chi connectivity index (χ0n) is 15.4. The van der Waals surface area contributed by atoms with Gasteiger partial charge in [-0.15, -0.1) is 16.4 Å². The fourth-order valence-electron chi connectivity index (χ4n) is 2.73. The summed E-state index contributed by atoms with van der Waals surface area (Å²) < 4.78 is 39.7. The van der Waals surface area contributed by atoms with E-state index in [9.17, 15) is 18.0 Å². The summed E-state index contributed by atoms with van der Waals surface area (Å²) in [5.41, 5.74) is 1.47. The van der Waals surface area contributed by atoms with Crippen LogP contribution in [0.25, 0.3) is 16.3 Å². The van der Waals surface area contributed by atoms with Crippen molar-refractivity contribution >= 4 is 22.9 Å². The van der Waals surface area contributed by atoms with Crippen LogP contribution in [0.3, 0.4) is 0 Å². The molecule has 0 aliphatic rings. The van der Waals surface area contributed by atoms with Crippen molar-refractivity contribution in [1.82, 2.24) is 25.2 Å². The fraction of sp³-hybridized carbons (Fsp3) is 0.105. The lowest BCUT2D eigenvalue weighted by Gasteiger charge is -2.06. The van der Waals surface area contributed by atoms with Gasteiger partial charge >= 0.3 is 6.18 Å². The Morgan fingerprint density at radius 2 is 1.90 bits per heavy atom. The van der Waals surface area contributed by atoms with Crippen LogP contribution in [0.5, 0.6) is 0 Å². The Kier molecular flexibility index (Phi) is 5.04. The number of aromatic nitrogens is 5. The molecule has 2 aromatic heterocycles. The number of rotatable bonds is 4. The molecule has 0 radical (unpaired) electrons. The molecule has 2 aromatic carbocycles.